The number of hydrogen-bond donors (Lipinski definition) is 4. The Balaban J connectivity index is 3.98. The van der Waals surface area contributed by atoms with Crippen LogP contribution in [0.25, 0.3) is 0 Å². The fourth-order valence-corrected chi connectivity index (χ4v) is 1.54. The molecule has 0 aliphatic rings. The third-order valence-electron chi connectivity index (χ3n) is 2.30. The lowest BCUT2D eigenvalue weighted by Crippen LogP contribution is -2.33. The molecule has 0 fully saturated rings. The number of halogens is 1. The van der Waals surface area contributed by atoms with Gasteiger partial charge in [0.15, 0.2) is 0 Å². The Bertz CT molecular complexity index is 211. The molecule has 0 amide bonds. The molecule has 4 N–H and O–H groups in total. The molecule has 0 heterocycles. The third-order valence-corrected chi connectivity index (χ3v) is 2.66. The number of rotatable bonds is 8. The molecule has 0 saturated carbocycles. The van der Waals surface area contributed by atoms with Crippen molar-refractivity contribution in [2.45, 2.75) is 56.3 Å². The first-order valence-corrected chi connectivity index (χ1v) is 5.73. The monoisotopic (exact) mass is 254 g/mol. The molecule has 0 spiro atoms. The van der Waals surface area contributed by atoms with E-state index in [1.54, 1.807) is 0 Å². The zero-order valence-corrected chi connectivity index (χ0v) is 9.97. The van der Waals surface area contributed by atoms with E-state index in [0.29, 0.717) is 6.42 Å². The number of alkyl halides is 1. The Morgan fingerprint density at radius 3 is 2.12 bits per heavy atom. The first kappa shape index (κ1) is 15.6. The van der Waals surface area contributed by atoms with Crippen LogP contribution in [0.15, 0.2) is 0 Å². The van der Waals surface area contributed by atoms with Crippen LogP contribution in [-0.2, 0) is 4.79 Å². The van der Waals surface area contributed by atoms with E-state index in [0.717, 1.165) is 6.42 Å². The second kappa shape index (κ2) is 7.84. The zero-order chi connectivity index (χ0) is 12.7. The van der Waals surface area contributed by atoms with Crippen LogP contribution in [0.5, 0.6) is 0 Å². The van der Waals surface area contributed by atoms with Crippen LogP contribution in [-0.4, -0.2) is 50.1 Å². The Morgan fingerprint density at radius 1 is 1.19 bits per heavy atom. The van der Waals surface area contributed by atoms with Gasteiger partial charge in [-0.3, -0.25) is 4.79 Å². The van der Waals surface area contributed by atoms with Gasteiger partial charge in [0.1, 0.15) is 5.38 Å². The van der Waals surface area contributed by atoms with E-state index in [4.69, 9.17) is 16.7 Å². The quantitative estimate of drug-likeness (QED) is 0.469. The number of carboxylic acid groups (broad SMARTS) is 1. The van der Waals surface area contributed by atoms with Gasteiger partial charge < -0.3 is 20.4 Å². The number of carboxylic acids is 1. The third kappa shape index (κ3) is 6.27. The predicted octanol–water partition coefficient (Wildman–Crippen LogP) is 0.341. The number of hydrogen-bond acceptors (Lipinski definition) is 4. The molecule has 0 aromatic carbocycles. The molecule has 96 valence electrons. The van der Waals surface area contributed by atoms with E-state index in [1.807, 2.05) is 6.92 Å². The highest BCUT2D eigenvalue weighted by Crippen LogP contribution is 2.14. The van der Waals surface area contributed by atoms with Crippen molar-refractivity contribution in [3.63, 3.8) is 0 Å². The van der Waals surface area contributed by atoms with Crippen molar-refractivity contribution in [1.82, 2.24) is 0 Å². The van der Waals surface area contributed by atoms with Gasteiger partial charge in [-0.05, 0) is 6.42 Å². The van der Waals surface area contributed by atoms with Gasteiger partial charge in [0.25, 0.3) is 0 Å². The molecule has 0 saturated heterocycles. The fraction of sp³-hybridized carbons (Fsp3) is 0.900. The van der Waals surface area contributed by atoms with Crippen LogP contribution in [0.2, 0.25) is 0 Å². The summed E-state index contributed by atoms with van der Waals surface area (Å²) in [6, 6.07) is 0. The van der Waals surface area contributed by atoms with Crippen LogP contribution >= 0.6 is 11.6 Å². The summed E-state index contributed by atoms with van der Waals surface area (Å²) in [5, 5.41) is 35.6. The smallest absolute Gasteiger partial charge is 0.321 e. The zero-order valence-electron chi connectivity index (χ0n) is 9.21. The molecule has 4 atom stereocenters. The summed E-state index contributed by atoms with van der Waals surface area (Å²) >= 11 is 5.42. The maximum absolute atomic E-state index is 10.4. The van der Waals surface area contributed by atoms with E-state index in [9.17, 15) is 20.1 Å². The molecule has 0 aliphatic heterocycles. The minimum atomic E-state index is -1.23. The average Bonchev–Trinajstić information content (AvgIpc) is 2.17. The maximum atomic E-state index is 10.4. The number of aliphatic hydroxyl groups excluding tert-OH is 3. The summed E-state index contributed by atoms with van der Waals surface area (Å²) in [7, 11) is 0. The second-order valence-electron chi connectivity index (χ2n) is 3.85. The number of carbonyl (C=O) groups is 1. The van der Waals surface area contributed by atoms with E-state index in [-0.39, 0.29) is 12.8 Å². The van der Waals surface area contributed by atoms with Crippen molar-refractivity contribution in [3.8, 4) is 0 Å². The highest BCUT2D eigenvalue weighted by Gasteiger charge is 2.25. The highest BCUT2D eigenvalue weighted by molar-refractivity contribution is 6.29. The van der Waals surface area contributed by atoms with Crippen LogP contribution in [0.1, 0.15) is 32.6 Å². The van der Waals surface area contributed by atoms with E-state index < -0.39 is 29.7 Å². The number of aliphatic carboxylic acids is 1. The van der Waals surface area contributed by atoms with Crippen molar-refractivity contribution in [2.24, 2.45) is 0 Å². The molecular formula is C10H19ClO5. The molecule has 0 aromatic heterocycles. The summed E-state index contributed by atoms with van der Waals surface area (Å²) in [5.74, 6) is -1.23. The topological polar surface area (TPSA) is 98.0 Å². The van der Waals surface area contributed by atoms with E-state index in [2.05, 4.69) is 0 Å². The number of aliphatic hydroxyl groups is 3. The van der Waals surface area contributed by atoms with Gasteiger partial charge in [-0.1, -0.05) is 13.3 Å². The average molecular weight is 255 g/mol. The van der Waals surface area contributed by atoms with Crippen LogP contribution < -0.4 is 0 Å². The molecule has 0 rings (SSSR count). The summed E-state index contributed by atoms with van der Waals surface area (Å²) in [5.41, 5.74) is 0. The van der Waals surface area contributed by atoms with Crippen molar-refractivity contribution in [2.75, 3.05) is 0 Å². The first-order valence-electron chi connectivity index (χ1n) is 5.29. The fourth-order valence-electron chi connectivity index (χ4n) is 1.36. The molecule has 16 heavy (non-hydrogen) atoms. The van der Waals surface area contributed by atoms with E-state index >= 15 is 0 Å². The summed E-state index contributed by atoms with van der Waals surface area (Å²) < 4.78 is 0. The van der Waals surface area contributed by atoms with Crippen LogP contribution in [0.4, 0.5) is 0 Å². The minimum absolute atomic E-state index is 0.0260. The largest absolute Gasteiger partial charge is 0.480 e. The maximum Gasteiger partial charge on any atom is 0.321 e. The van der Waals surface area contributed by atoms with E-state index in [1.165, 1.54) is 0 Å². The van der Waals surface area contributed by atoms with Gasteiger partial charge >= 0.3 is 5.97 Å². The van der Waals surface area contributed by atoms with Gasteiger partial charge in [-0.2, -0.15) is 0 Å². The van der Waals surface area contributed by atoms with Crippen molar-refractivity contribution < 1.29 is 25.2 Å². The molecule has 5 nitrogen and oxygen atoms in total. The van der Waals surface area contributed by atoms with Crippen molar-refractivity contribution in [1.29, 1.82) is 0 Å². The highest BCUT2D eigenvalue weighted by atomic mass is 35.5. The van der Waals surface area contributed by atoms with Gasteiger partial charge in [-0.25, -0.2) is 0 Å². The first-order chi connectivity index (χ1) is 7.38. The molecule has 0 bridgehead atoms. The predicted molar refractivity (Wildman–Crippen MR) is 59.4 cm³/mol. The lowest BCUT2D eigenvalue weighted by molar-refractivity contribution is -0.137. The van der Waals surface area contributed by atoms with Crippen LogP contribution in [0, 0.1) is 0 Å². The molecule has 0 aromatic rings. The lowest BCUT2D eigenvalue weighted by atomic mass is 10.0. The lowest BCUT2D eigenvalue weighted by Gasteiger charge is -2.21. The van der Waals surface area contributed by atoms with Crippen molar-refractivity contribution in [3.05, 3.63) is 0 Å². The second-order valence-corrected chi connectivity index (χ2v) is 4.38. The molecule has 0 aliphatic carbocycles. The van der Waals surface area contributed by atoms with Gasteiger partial charge in [0, 0.05) is 12.8 Å². The Morgan fingerprint density at radius 2 is 1.69 bits per heavy atom. The summed E-state index contributed by atoms with van der Waals surface area (Å²) in [4.78, 5) is 10.4. The van der Waals surface area contributed by atoms with Crippen LogP contribution in [0.3, 0.4) is 0 Å². The Labute approximate surface area is 99.7 Å². The van der Waals surface area contributed by atoms with Gasteiger partial charge in [-0.15, -0.1) is 11.6 Å². The normalized spacial score (nSPS) is 18.8. The Hall–Kier alpha value is -0.360. The Kier molecular flexibility index (Phi) is 7.66. The molecular weight excluding hydrogens is 236 g/mol. The van der Waals surface area contributed by atoms with Gasteiger partial charge in [0.2, 0.25) is 0 Å². The SMILES string of the molecule is CCCC(O)CC(O)C(O)CC(Cl)C(=O)O. The summed E-state index contributed by atoms with van der Waals surface area (Å²) in [6.45, 7) is 1.89. The molecule has 4 unspecified atom stereocenters. The van der Waals surface area contributed by atoms with Crippen molar-refractivity contribution >= 4 is 17.6 Å². The standard InChI is InChI=1S/C10H19ClO5/c1-2-3-6(12)4-8(13)9(14)5-7(11)10(15)16/h6-9,12-14H,2-5H2,1H3,(H,15,16). The summed E-state index contributed by atoms with van der Waals surface area (Å²) in [6.07, 6.45) is -1.97. The van der Waals surface area contributed by atoms with Gasteiger partial charge in [0.05, 0.1) is 18.3 Å². The minimum Gasteiger partial charge on any atom is -0.480 e. The molecule has 0 radical (unpaired) electrons. The molecule has 6 heteroatoms.